The zero-order chi connectivity index (χ0) is 20.9. The van der Waals surface area contributed by atoms with Crippen LogP contribution >= 0.6 is 15.9 Å². The fourth-order valence-electron chi connectivity index (χ4n) is 3.69. The first-order valence-corrected chi connectivity index (χ1v) is 10.5. The lowest BCUT2D eigenvalue weighted by Gasteiger charge is -2.33. The topological polar surface area (TPSA) is 61.9 Å². The van der Waals surface area contributed by atoms with Crippen molar-refractivity contribution < 1.29 is 14.3 Å². The first-order valence-electron chi connectivity index (χ1n) is 9.68. The summed E-state index contributed by atoms with van der Waals surface area (Å²) < 4.78 is 5.98. The van der Waals surface area contributed by atoms with Gasteiger partial charge in [-0.3, -0.25) is 9.59 Å². The molecule has 1 saturated heterocycles. The number of piperidine rings is 1. The highest BCUT2D eigenvalue weighted by Gasteiger charge is 2.29. The molecule has 0 aliphatic carbocycles. The van der Waals surface area contributed by atoms with Crippen LogP contribution in [0.5, 0.6) is 5.75 Å². The number of nitrogens with one attached hydrogen (secondary N) is 1. The number of amides is 2. The van der Waals surface area contributed by atoms with Crippen LogP contribution in [-0.4, -0.2) is 69.0 Å². The van der Waals surface area contributed by atoms with Gasteiger partial charge in [0.05, 0.1) is 12.7 Å². The number of carbonyl (C=O) groups excluding carboxylic acids is 2. The van der Waals surface area contributed by atoms with E-state index < -0.39 is 0 Å². The van der Waals surface area contributed by atoms with Gasteiger partial charge < -0.3 is 19.9 Å². The molecule has 0 atom stereocenters. The van der Waals surface area contributed by atoms with E-state index in [2.05, 4.69) is 40.0 Å². The first kappa shape index (κ1) is 22.7. The summed E-state index contributed by atoms with van der Waals surface area (Å²) in [7, 11) is 5.66. The van der Waals surface area contributed by atoms with Gasteiger partial charge in [0.1, 0.15) is 5.75 Å². The summed E-state index contributed by atoms with van der Waals surface area (Å²) in [6.07, 6.45) is 1.38. The molecule has 0 unspecified atom stereocenters. The molecule has 156 valence electrons. The summed E-state index contributed by atoms with van der Waals surface area (Å²) in [6, 6.07) is 5.38. The zero-order valence-corrected chi connectivity index (χ0v) is 19.1. The molecule has 0 aromatic heterocycles. The van der Waals surface area contributed by atoms with Crippen molar-refractivity contribution in [1.29, 1.82) is 0 Å². The summed E-state index contributed by atoms with van der Waals surface area (Å²) in [4.78, 5) is 29.4. The van der Waals surface area contributed by atoms with Crippen LogP contribution in [0.1, 0.15) is 37.0 Å². The Morgan fingerprint density at radius 3 is 2.50 bits per heavy atom. The molecule has 0 saturated carbocycles. The third-order valence-electron chi connectivity index (χ3n) is 5.04. The highest BCUT2D eigenvalue weighted by molar-refractivity contribution is 9.10. The Morgan fingerprint density at radius 1 is 1.29 bits per heavy atom. The predicted octanol–water partition coefficient (Wildman–Crippen LogP) is 3.01. The van der Waals surface area contributed by atoms with Crippen molar-refractivity contribution in [2.24, 2.45) is 11.3 Å². The Balaban J connectivity index is 1.88. The van der Waals surface area contributed by atoms with Crippen molar-refractivity contribution in [2.45, 2.75) is 26.7 Å². The highest BCUT2D eigenvalue weighted by Crippen LogP contribution is 2.26. The van der Waals surface area contributed by atoms with Gasteiger partial charge in [-0.1, -0.05) is 13.8 Å². The summed E-state index contributed by atoms with van der Waals surface area (Å²) in [5.74, 6) is 0.687. The third kappa shape index (κ3) is 6.21. The average molecular weight is 454 g/mol. The van der Waals surface area contributed by atoms with Crippen LogP contribution in [0.15, 0.2) is 22.7 Å². The number of likely N-dealkylation sites (tertiary alicyclic amines) is 1. The molecule has 0 bridgehead atoms. The SMILES string of the molecule is COc1ccc(Br)c(C(=O)N2CCC(C(=O)NCC(C)(C)CN(C)C)CC2)c1. The Kier molecular flexibility index (Phi) is 7.89. The van der Waals surface area contributed by atoms with E-state index in [0.717, 1.165) is 11.0 Å². The smallest absolute Gasteiger partial charge is 0.255 e. The van der Waals surface area contributed by atoms with E-state index in [1.54, 1.807) is 13.2 Å². The Labute approximate surface area is 176 Å². The van der Waals surface area contributed by atoms with Crippen LogP contribution in [-0.2, 0) is 4.79 Å². The Hall–Kier alpha value is -1.60. The quantitative estimate of drug-likeness (QED) is 0.688. The van der Waals surface area contributed by atoms with Gasteiger partial charge in [-0.15, -0.1) is 0 Å². The number of nitrogens with zero attached hydrogens (tertiary/aromatic N) is 2. The maximum atomic E-state index is 12.9. The normalized spacial score (nSPS) is 15.6. The van der Waals surface area contributed by atoms with E-state index in [0.29, 0.717) is 43.8 Å². The number of hydrogen-bond acceptors (Lipinski definition) is 4. The molecule has 0 radical (unpaired) electrons. The predicted molar refractivity (Wildman–Crippen MR) is 115 cm³/mol. The molecule has 1 fully saturated rings. The van der Waals surface area contributed by atoms with Crippen LogP contribution in [0, 0.1) is 11.3 Å². The van der Waals surface area contributed by atoms with E-state index in [9.17, 15) is 9.59 Å². The molecule has 28 heavy (non-hydrogen) atoms. The Bertz CT molecular complexity index is 698. The molecule has 6 nitrogen and oxygen atoms in total. The molecule has 1 aromatic carbocycles. The fourth-order valence-corrected chi connectivity index (χ4v) is 4.11. The van der Waals surface area contributed by atoms with Gasteiger partial charge in [-0.05, 0) is 66.5 Å². The van der Waals surface area contributed by atoms with Gasteiger partial charge >= 0.3 is 0 Å². The first-order chi connectivity index (χ1) is 13.1. The van der Waals surface area contributed by atoms with Crippen LogP contribution in [0.3, 0.4) is 0 Å². The fraction of sp³-hybridized carbons (Fsp3) is 0.619. The van der Waals surface area contributed by atoms with E-state index >= 15 is 0 Å². The van der Waals surface area contributed by atoms with Gasteiger partial charge in [-0.2, -0.15) is 0 Å². The molecular formula is C21H32BrN3O3. The van der Waals surface area contributed by atoms with E-state index in [1.165, 1.54) is 0 Å². The average Bonchev–Trinajstić information content (AvgIpc) is 2.65. The van der Waals surface area contributed by atoms with Crippen molar-refractivity contribution in [3.8, 4) is 5.75 Å². The lowest BCUT2D eigenvalue weighted by Crippen LogP contribution is -2.46. The van der Waals surface area contributed by atoms with Crippen molar-refractivity contribution >= 4 is 27.7 Å². The molecule has 1 aliphatic heterocycles. The second-order valence-electron chi connectivity index (χ2n) is 8.53. The maximum Gasteiger partial charge on any atom is 0.255 e. The van der Waals surface area contributed by atoms with Gasteiger partial charge in [-0.25, -0.2) is 0 Å². The summed E-state index contributed by atoms with van der Waals surface area (Å²) in [6.45, 7) is 7.04. The van der Waals surface area contributed by atoms with Crippen LogP contribution in [0.25, 0.3) is 0 Å². The molecule has 2 amide bonds. The molecule has 0 spiro atoms. The third-order valence-corrected chi connectivity index (χ3v) is 5.73. The highest BCUT2D eigenvalue weighted by atomic mass is 79.9. The second kappa shape index (κ2) is 9.74. The minimum atomic E-state index is -0.0343. The lowest BCUT2D eigenvalue weighted by molar-refractivity contribution is -0.126. The Morgan fingerprint density at radius 2 is 1.93 bits per heavy atom. The monoisotopic (exact) mass is 453 g/mol. The van der Waals surface area contributed by atoms with Crippen molar-refractivity contribution in [2.75, 3.05) is 47.4 Å². The number of hydrogen-bond donors (Lipinski definition) is 1. The van der Waals surface area contributed by atoms with E-state index in [4.69, 9.17) is 4.74 Å². The molecule has 1 aromatic rings. The van der Waals surface area contributed by atoms with Crippen molar-refractivity contribution in [3.63, 3.8) is 0 Å². The number of rotatable bonds is 7. The minimum absolute atomic E-state index is 0.0223. The summed E-state index contributed by atoms with van der Waals surface area (Å²) in [5.41, 5.74) is 0.613. The molecule has 1 heterocycles. The number of carbonyl (C=O) groups is 2. The number of benzene rings is 1. The number of halogens is 1. The van der Waals surface area contributed by atoms with Gasteiger partial charge in [0.2, 0.25) is 5.91 Å². The van der Waals surface area contributed by atoms with Crippen LogP contribution < -0.4 is 10.1 Å². The standard InChI is InChI=1S/C21H32BrN3O3/c1-21(2,14-24(3)4)13-23-19(26)15-8-10-25(11-9-15)20(27)17-12-16(28-5)6-7-18(17)22/h6-7,12,15H,8-11,13-14H2,1-5H3,(H,23,26). The summed E-state index contributed by atoms with van der Waals surface area (Å²) >= 11 is 3.45. The van der Waals surface area contributed by atoms with Gasteiger partial charge in [0.15, 0.2) is 0 Å². The second-order valence-corrected chi connectivity index (χ2v) is 9.39. The molecule has 2 rings (SSSR count). The van der Waals surface area contributed by atoms with Gasteiger partial charge in [0.25, 0.3) is 5.91 Å². The zero-order valence-electron chi connectivity index (χ0n) is 17.5. The number of methoxy groups -OCH3 is 1. The van der Waals surface area contributed by atoms with Crippen molar-refractivity contribution in [1.82, 2.24) is 15.1 Å². The van der Waals surface area contributed by atoms with Gasteiger partial charge in [0, 0.05) is 36.6 Å². The molecular weight excluding hydrogens is 422 g/mol. The minimum Gasteiger partial charge on any atom is -0.497 e. The molecule has 1 aliphatic rings. The van der Waals surface area contributed by atoms with E-state index in [1.807, 2.05) is 31.1 Å². The van der Waals surface area contributed by atoms with E-state index in [-0.39, 0.29) is 23.1 Å². The largest absolute Gasteiger partial charge is 0.497 e. The summed E-state index contributed by atoms with van der Waals surface area (Å²) in [5, 5.41) is 3.10. The molecule has 7 heteroatoms. The lowest BCUT2D eigenvalue weighted by atomic mass is 9.91. The molecule has 1 N–H and O–H groups in total. The van der Waals surface area contributed by atoms with Crippen LogP contribution in [0.4, 0.5) is 0 Å². The van der Waals surface area contributed by atoms with Crippen LogP contribution in [0.2, 0.25) is 0 Å². The maximum absolute atomic E-state index is 12.9. The number of ether oxygens (including phenoxy) is 1. The van der Waals surface area contributed by atoms with Crippen molar-refractivity contribution in [3.05, 3.63) is 28.2 Å².